The number of imidazole rings is 1. The van der Waals surface area contributed by atoms with E-state index in [0.717, 1.165) is 37.0 Å². The molecule has 2 aliphatic rings. The molecule has 1 aliphatic carbocycles. The predicted octanol–water partition coefficient (Wildman–Crippen LogP) is 1.97. The van der Waals surface area contributed by atoms with Crippen molar-refractivity contribution in [1.82, 2.24) is 20.0 Å². The Hall–Kier alpha value is -2.57. The predicted molar refractivity (Wildman–Crippen MR) is 89.8 cm³/mol. The Labute approximate surface area is 139 Å². The third-order valence-corrected chi connectivity index (χ3v) is 5.04. The Bertz CT molecular complexity index is 814. The molecule has 2 aromatic rings. The van der Waals surface area contributed by atoms with Gasteiger partial charge in [0.25, 0.3) is 0 Å². The highest BCUT2D eigenvalue weighted by Crippen LogP contribution is 2.35. The van der Waals surface area contributed by atoms with Gasteiger partial charge in [-0.1, -0.05) is 12.8 Å². The zero-order valence-corrected chi connectivity index (χ0v) is 13.6. The number of carbonyl (C=O) groups excluding carboxylic acids is 2. The maximum absolute atomic E-state index is 12.5. The number of aryl methyl sites for hydroxylation is 1. The fourth-order valence-corrected chi connectivity index (χ4v) is 3.96. The van der Waals surface area contributed by atoms with Gasteiger partial charge in [0.2, 0.25) is 5.91 Å². The molecule has 2 atom stereocenters. The van der Waals surface area contributed by atoms with Crippen molar-refractivity contribution in [3.05, 3.63) is 30.2 Å². The van der Waals surface area contributed by atoms with E-state index < -0.39 is 5.54 Å². The Kier molecular flexibility index (Phi) is 3.44. The Morgan fingerprint density at radius 3 is 3.21 bits per heavy atom. The van der Waals surface area contributed by atoms with Crippen LogP contribution in [0.15, 0.2) is 24.5 Å². The van der Waals surface area contributed by atoms with E-state index in [1.807, 2.05) is 35.9 Å². The second-order valence-electron chi connectivity index (χ2n) is 6.84. The third-order valence-electron chi connectivity index (χ3n) is 5.04. The van der Waals surface area contributed by atoms with Gasteiger partial charge >= 0.3 is 6.03 Å². The average Bonchev–Trinajstić information content (AvgIpc) is 3.04. The van der Waals surface area contributed by atoms with Crippen LogP contribution in [0.25, 0.3) is 5.65 Å². The van der Waals surface area contributed by atoms with Gasteiger partial charge in [-0.15, -0.1) is 0 Å². The molecule has 3 amide bonds. The standard InChI is InChI=1S/C17H21N5O2/c1-11-10-22-7-5-12(8-14(22)18-11)19-16(24)21-17-6-3-2-4-13(17)20-15(23)9-17/h5,7-8,10,13H,2-4,6,9H2,1H3,(H,20,23)(H2,19,21,24)/t13-,17+/m0/s1. The Balaban J connectivity index is 1.50. The fourth-order valence-electron chi connectivity index (χ4n) is 3.96. The van der Waals surface area contributed by atoms with E-state index in [-0.39, 0.29) is 18.0 Å². The number of hydrogen-bond acceptors (Lipinski definition) is 3. The van der Waals surface area contributed by atoms with Crippen molar-refractivity contribution in [2.75, 3.05) is 5.32 Å². The van der Waals surface area contributed by atoms with Crippen molar-refractivity contribution in [2.24, 2.45) is 0 Å². The van der Waals surface area contributed by atoms with Gasteiger partial charge in [0.05, 0.1) is 23.7 Å². The summed E-state index contributed by atoms with van der Waals surface area (Å²) in [6.45, 7) is 1.93. The molecule has 7 heteroatoms. The SMILES string of the molecule is Cc1cn2ccc(NC(=O)N[C@@]34CCCC[C@@H]3NC(=O)C4)cc2n1. The lowest BCUT2D eigenvalue weighted by atomic mass is 9.78. The van der Waals surface area contributed by atoms with Crippen LogP contribution in [0.4, 0.5) is 10.5 Å². The van der Waals surface area contributed by atoms with E-state index in [1.54, 1.807) is 0 Å². The average molecular weight is 327 g/mol. The van der Waals surface area contributed by atoms with Crippen molar-refractivity contribution < 1.29 is 9.59 Å². The number of nitrogens with zero attached hydrogens (tertiary/aromatic N) is 2. The Morgan fingerprint density at radius 2 is 2.33 bits per heavy atom. The molecule has 0 radical (unpaired) electrons. The molecule has 2 fully saturated rings. The van der Waals surface area contributed by atoms with Gasteiger partial charge in [-0.25, -0.2) is 9.78 Å². The van der Waals surface area contributed by atoms with Gasteiger partial charge in [0.15, 0.2) is 0 Å². The molecule has 1 saturated heterocycles. The van der Waals surface area contributed by atoms with Gasteiger partial charge in [0, 0.05) is 24.1 Å². The zero-order valence-electron chi connectivity index (χ0n) is 13.6. The molecule has 0 aromatic carbocycles. The second kappa shape index (κ2) is 5.51. The summed E-state index contributed by atoms with van der Waals surface area (Å²) < 4.78 is 1.91. The van der Waals surface area contributed by atoms with Crippen LogP contribution in [0.3, 0.4) is 0 Å². The summed E-state index contributed by atoms with van der Waals surface area (Å²) in [7, 11) is 0. The molecule has 1 saturated carbocycles. The number of carbonyl (C=O) groups is 2. The van der Waals surface area contributed by atoms with Crippen LogP contribution in [0.5, 0.6) is 0 Å². The number of rotatable bonds is 2. The number of pyridine rings is 1. The lowest BCUT2D eigenvalue weighted by Gasteiger charge is -2.38. The smallest absolute Gasteiger partial charge is 0.319 e. The number of fused-ring (bicyclic) bond motifs is 2. The molecule has 4 rings (SSSR count). The molecule has 2 aromatic heterocycles. The van der Waals surface area contributed by atoms with Crippen molar-refractivity contribution in [3.8, 4) is 0 Å². The number of urea groups is 1. The van der Waals surface area contributed by atoms with Crippen LogP contribution in [-0.4, -0.2) is 32.9 Å². The minimum absolute atomic E-state index is 0.0245. The largest absolute Gasteiger partial charge is 0.351 e. The monoisotopic (exact) mass is 327 g/mol. The molecule has 126 valence electrons. The van der Waals surface area contributed by atoms with Crippen molar-refractivity contribution >= 4 is 23.3 Å². The second-order valence-corrected chi connectivity index (χ2v) is 6.84. The van der Waals surface area contributed by atoms with Gasteiger partial charge in [-0.2, -0.15) is 0 Å². The van der Waals surface area contributed by atoms with Crippen molar-refractivity contribution in [2.45, 2.75) is 50.6 Å². The molecule has 0 unspecified atom stereocenters. The fraction of sp³-hybridized carbons (Fsp3) is 0.471. The normalized spacial score (nSPS) is 26.0. The summed E-state index contributed by atoms with van der Waals surface area (Å²) in [5.41, 5.74) is 1.95. The lowest BCUT2D eigenvalue weighted by molar-refractivity contribution is -0.119. The highest BCUT2D eigenvalue weighted by Gasteiger charge is 2.49. The van der Waals surface area contributed by atoms with Gasteiger partial charge in [0.1, 0.15) is 5.65 Å². The summed E-state index contributed by atoms with van der Waals surface area (Å²) in [6, 6.07) is 3.44. The lowest BCUT2D eigenvalue weighted by Crippen LogP contribution is -2.58. The molecular formula is C17H21N5O2. The maximum Gasteiger partial charge on any atom is 0.319 e. The van der Waals surface area contributed by atoms with Crippen LogP contribution >= 0.6 is 0 Å². The van der Waals surface area contributed by atoms with Gasteiger partial charge < -0.3 is 20.4 Å². The van der Waals surface area contributed by atoms with Crippen molar-refractivity contribution in [1.29, 1.82) is 0 Å². The topological polar surface area (TPSA) is 87.5 Å². The summed E-state index contributed by atoms with van der Waals surface area (Å²) in [5.74, 6) is 0.0245. The Morgan fingerprint density at radius 1 is 1.46 bits per heavy atom. The third kappa shape index (κ3) is 2.60. The molecular weight excluding hydrogens is 306 g/mol. The van der Waals surface area contributed by atoms with E-state index >= 15 is 0 Å². The summed E-state index contributed by atoms with van der Waals surface area (Å²) >= 11 is 0. The van der Waals surface area contributed by atoms with E-state index in [0.29, 0.717) is 12.1 Å². The number of aromatic nitrogens is 2. The number of amides is 3. The molecule has 3 N–H and O–H groups in total. The molecule has 0 bridgehead atoms. The minimum Gasteiger partial charge on any atom is -0.351 e. The molecule has 7 nitrogen and oxygen atoms in total. The van der Waals surface area contributed by atoms with E-state index in [4.69, 9.17) is 0 Å². The minimum atomic E-state index is -0.451. The van der Waals surface area contributed by atoms with Crippen LogP contribution in [-0.2, 0) is 4.79 Å². The first-order valence-corrected chi connectivity index (χ1v) is 8.38. The number of hydrogen-bond donors (Lipinski definition) is 3. The van der Waals surface area contributed by atoms with E-state index in [2.05, 4.69) is 20.9 Å². The highest BCUT2D eigenvalue weighted by molar-refractivity contribution is 5.92. The van der Waals surface area contributed by atoms with Crippen molar-refractivity contribution in [3.63, 3.8) is 0 Å². The van der Waals surface area contributed by atoms with Gasteiger partial charge in [-0.3, -0.25) is 4.79 Å². The quantitative estimate of drug-likeness (QED) is 0.788. The van der Waals surface area contributed by atoms with Gasteiger partial charge in [-0.05, 0) is 25.8 Å². The highest BCUT2D eigenvalue weighted by atomic mass is 16.2. The maximum atomic E-state index is 12.5. The first kappa shape index (κ1) is 15.0. The zero-order chi connectivity index (χ0) is 16.7. The molecule has 3 heterocycles. The summed E-state index contributed by atoms with van der Waals surface area (Å²) in [4.78, 5) is 28.7. The van der Waals surface area contributed by atoms with Crippen LogP contribution < -0.4 is 16.0 Å². The summed E-state index contributed by atoms with van der Waals surface area (Å²) in [6.07, 6.45) is 8.04. The van der Waals surface area contributed by atoms with E-state index in [9.17, 15) is 9.59 Å². The number of nitrogens with one attached hydrogen (secondary N) is 3. The number of anilines is 1. The van der Waals surface area contributed by atoms with Crippen LogP contribution in [0, 0.1) is 6.92 Å². The van der Waals surface area contributed by atoms with Crippen LogP contribution in [0.1, 0.15) is 37.8 Å². The summed E-state index contributed by atoms with van der Waals surface area (Å²) in [5, 5.41) is 8.93. The van der Waals surface area contributed by atoms with E-state index in [1.165, 1.54) is 0 Å². The first-order valence-electron chi connectivity index (χ1n) is 8.38. The molecule has 0 spiro atoms. The first-order chi connectivity index (χ1) is 11.5. The molecule has 1 aliphatic heterocycles. The molecule has 24 heavy (non-hydrogen) atoms. The van der Waals surface area contributed by atoms with Crippen LogP contribution in [0.2, 0.25) is 0 Å².